The number of nitrogens with one attached hydrogen (secondary N) is 1. The highest BCUT2D eigenvalue weighted by atomic mass is 32.2. The van der Waals surface area contributed by atoms with Crippen molar-refractivity contribution in [2.75, 3.05) is 6.61 Å². The van der Waals surface area contributed by atoms with E-state index in [0.29, 0.717) is 31.5 Å². The predicted octanol–water partition coefficient (Wildman–Crippen LogP) is 1.93. The van der Waals surface area contributed by atoms with Crippen LogP contribution >= 0.6 is 0 Å². The third-order valence-electron chi connectivity index (χ3n) is 5.55. The van der Waals surface area contributed by atoms with Gasteiger partial charge < -0.3 is 9.84 Å². The second-order valence-electron chi connectivity index (χ2n) is 7.97. The number of pyridine rings is 1. The molecule has 3 aromatic rings. The molecule has 10 heteroatoms. The fourth-order valence-corrected chi connectivity index (χ4v) is 5.25. The SMILES string of the molecule is Cc1cccc(S(=O)(=O)N[C@H]2CC[C@H](CCn3cc(-c4ccccn4)nn3)O[C@H]2CO)c1. The van der Waals surface area contributed by atoms with E-state index in [0.717, 1.165) is 11.3 Å². The van der Waals surface area contributed by atoms with Crippen molar-refractivity contribution in [1.82, 2.24) is 24.7 Å². The molecule has 1 aliphatic rings. The first-order valence-electron chi connectivity index (χ1n) is 10.6. The highest BCUT2D eigenvalue weighted by molar-refractivity contribution is 7.89. The van der Waals surface area contributed by atoms with Gasteiger partial charge in [0.1, 0.15) is 5.69 Å². The Morgan fingerprint density at radius 2 is 2.06 bits per heavy atom. The summed E-state index contributed by atoms with van der Waals surface area (Å²) < 4.78 is 36.0. The van der Waals surface area contributed by atoms with Crippen LogP contribution in [0.5, 0.6) is 0 Å². The molecule has 2 aromatic heterocycles. The summed E-state index contributed by atoms with van der Waals surface area (Å²) in [5, 5.41) is 18.1. The van der Waals surface area contributed by atoms with Crippen LogP contribution in [0.25, 0.3) is 11.4 Å². The molecule has 1 aromatic carbocycles. The quantitative estimate of drug-likeness (QED) is 0.530. The number of aliphatic hydroxyl groups excluding tert-OH is 1. The van der Waals surface area contributed by atoms with Gasteiger partial charge in [-0.1, -0.05) is 23.4 Å². The zero-order chi connectivity index (χ0) is 22.6. The van der Waals surface area contributed by atoms with E-state index in [1.807, 2.05) is 37.4 Å². The Balaban J connectivity index is 1.33. The molecule has 9 nitrogen and oxygen atoms in total. The van der Waals surface area contributed by atoms with Crippen molar-refractivity contribution in [3.63, 3.8) is 0 Å². The fraction of sp³-hybridized carbons (Fsp3) is 0.409. The molecule has 32 heavy (non-hydrogen) atoms. The highest BCUT2D eigenvalue weighted by Gasteiger charge is 2.34. The second kappa shape index (κ2) is 9.86. The van der Waals surface area contributed by atoms with Crippen LogP contribution in [-0.2, 0) is 21.3 Å². The van der Waals surface area contributed by atoms with E-state index in [1.165, 1.54) is 0 Å². The van der Waals surface area contributed by atoms with Crippen LogP contribution in [0.15, 0.2) is 59.8 Å². The summed E-state index contributed by atoms with van der Waals surface area (Å²) in [4.78, 5) is 4.49. The summed E-state index contributed by atoms with van der Waals surface area (Å²) in [7, 11) is -3.69. The molecule has 3 atom stereocenters. The number of sulfonamides is 1. The number of hydrogen-bond acceptors (Lipinski definition) is 7. The third kappa shape index (κ3) is 5.39. The maximum Gasteiger partial charge on any atom is 0.240 e. The Kier molecular flexibility index (Phi) is 6.95. The van der Waals surface area contributed by atoms with Crippen molar-refractivity contribution in [3.05, 3.63) is 60.4 Å². The van der Waals surface area contributed by atoms with E-state index >= 15 is 0 Å². The standard InChI is InChI=1S/C22H27N5O4S/c1-16-5-4-6-18(13-16)32(29,30)25-20-9-8-17(31-22(20)15-28)10-12-27-14-21(24-26-27)19-7-2-3-11-23-19/h2-7,11,13-14,17,20,22,25,28H,8-10,12,15H2,1H3/t17-,20+,22+/m1/s1. The lowest BCUT2D eigenvalue weighted by molar-refractivity contribution is -0.0891. The Morgan fingerprint density at radius 1 is 1.19 bits per heavy atom. The van der Waals surface area contributed by atoms with Crippen molar-refractivity contribution >= 4 is 10.0 Å². The van der Waals surface area contributed by atoms with Crippen molar-refractivity contribution in [1.29, 1.82) is 0 Å². The number of aromatic nitrogens is 4. The van der Waals surface area contributed by atoms with Crippen molar-refractivity contribution in [2.45, 2.75) is 55.9 Å². The minimum absolute atomic E-state index is 0.102. The van der Waals surface area contributed by atoms with Crippen molar-refractivity contribution < 1.29 is 18.3 Å². The minimum atomic E-state index is -3.69. The van der Waals surface area contributed by atoms with E-state index in [1.54, 1.807) is 29.1 Å². The third-order valence-corrected chi connectivity index (χ3v) is 7.04. The van der Waals surface area contributed by atoms with Gasteiger partial charge in [-0.25, -0.2) is 13.1 Å². The summed E-state index contributed by atoms with van der Waals surface area (Å²) in [5.41, 5.74) is 2.33. The minimum Gasteiger partial charge on any atom is -0.394 e. The van der Waals surface area contributed by atoms with Gasteiger partial charge in [0.2, 0.25) is 10.0 Å². The average molecular weight is 458 g/mol. The first-order valence-corrected chi connectivity index (χ1v) is 12.1. The van der Waals surface area contributed by atoms with Gasteiger partial charge in [-0.05, 0) is 56.0 Å². The maximum absolute atomic E-state index is 12.8. The van der Waals surface area contributed by atoms with E-state index in [9.17, 15) is 13.5 Å². The lowest BCUT2D eigenvalue weighted by Crippen LogP contribution is -2.50. The molecule has 1 fully saturated rings. The molecule has 4 rings (SSSR count). The largest absolute Gasteiger partial charge is 0.394 e. The van der Waals surface area contributed by atoms with E-state index in [-0.39, 0.29) is 17.6 Å². The fourth-order valence-electron chi connectivity index (χ4n) is 3.84. The number of hydrogen-bond donors (Lipinski definition) is 2. The number of aliphatic hydroxyl groups is 1. The van der Waals surface area contributed by atoms with Crippen LogP contribution in [0.1, 0.15) is 24.8 Å². The lowest BCUT2D eigenvalue weighted by Gasteiger charge is -2.36. The van der Waals surface area contributed by atoms with Gasteiger partial charge in [-0.2, -0.15) is 0 Å². The van der Waals surface area contributed by atoms with Crippen LogP contribution in [0, 0.1) is 6.92 Å². The van der Waals surface area contributed by atoms with Crippen LogP contribution in [0.3, 0.4) is 0 Å². The summed E-state index contributed by atoms with van der Waals surface area (Å²) in [5.74, 6) is 0. The number of aryl methyl sites for hydroxylation is 2. The van der Waals surface area contributed by atoms with E-state index in [2.05, 4.69) is 20.0 Å². The molecule has 1 saturated heterocycles. The molecule has 0 amide bonds. The van der Waals surface area contributed by atoms with Gasteiger partial charge in [0, 0.05) is 12.7 Å². The molecule has 0 saturated carbocycles. The summed E-state index contributed by atoms with van der Waals surface area (Å²) in [6, 6.07) is 11.9. The second-order valence-corrected chi connectivity index (χ2v) is 9.69. The van der Waals surface area contributed by atoms with Gasteiger partial charge in [0.15, 0.2) is 0 Å². The Morgan fingerprint density at radius 3 is 2.81 bits per heavy atom. The van der Waals surface area contributed by atoms with Gasteiger partial charge in [-0.3, -0.25) is 9.67 Å². The van der Waals surface area contributed by atoms with Gasteiger partial charge >= 0.3 is 0 Å². The molecular formula is C22H27N5O4S. The molecule has 3 heterocycles. The zero-order valence-corrected chi connectivity index (χ0v) is 18.6. The Hall–Kier alpha value is -2.66. The number of nitrogens with zero attached hydrogens (tertiary/aromatic N) is 4. The topological polar surface area (TPSA) is 119 Å². The molecule has 0 unspecified atom stereocenters. The molecule has 1 aliphatic heterocycles. The highest BCUT2D eigenvalue weighted by Crippen LogP contribution is 2.24. The zero-order valence-electron chi connectivity index (χ0n) is 17.8. The molecule has 170 valence electrons. The van der Waals surface area contributed by atoms with Gasteiger partial charge in [0.05, 0.1) is 41.6 Å². The van der Waals surface area contributed by atoms with Gasteiger partial charge in [0.25, 0.3) is 0 Å². The van der Waals surface area contributed by atoms with Gasteiger partial charge in [-0.15, -0.1) is 5.10 Å². The molecular weight excluding hydrogens is 430 g/mol. The van der Waals surface area contributed by atoms with Crippen molar-refractivity contribution in [3.8, 4) is 11.4 Å². The Labute approximate surface area is 187 Å². The molecule has 0 aliphatic carbocycles. The monoisotopic (exact) mass is 457 g/mol. The summed E-state index contributed by atoms with van der Waals surface area (Å²) in [6.07, 6.45) is 4.79. The average Bonchev–Trinajstić information content (AvgIpc) is 3.28. The number of rotatable bonds is 8. The normalized spacial score (nSPS) is 21.5. The molecule has 2 N–H and O–H groups in total. The van der Waals surface area contributed by atoms with Crippen molar-refractivity contribution in [2.24, 2.45) is 0 Å². The van der Waals surface area contributed by atoms with E-state index < -0.39 is 22.2 Å². The summed E-state index contributed by atoms with van der Waals surface area (Å²) in [6.45, 7) is 2.19. The molecule has 0 radical (unpaired) electrons. The summed E-state index contributed by atoms with van der Waals surface area (Å²) >= 11 is 0. The first-order chi connectivity index (χ1) is 15.4. The Bertz CT molecular complexity index is 1140. The molecule has 0 spiro atoms. The van der Waals surface area contributed by atoms with E-state index in [4.69, 9.17) is 4.74 Å². The number of benzene rings is 1. The van der Waals surface area contributed by atoms with Crippen LogP contribution in [0.4, 0.5) is 0 Å². The lowest BCUT2D eigenvalue weighted by atomic mass is 9.98. The van der Waals surface area contributed by atoms with Crippen LogP contribution in [0.2, 0.25) is 0 Å². The predicted molar refractivity (Wildman–Crippen MR) is 118 cm³/mol. The smallest absolute Gasteiger partial charge is 0.240 e. The maximum atomic E-state index is 12.8. The number of ether oxygens (including phenoxy) is 1. The molecule has 0 bridgehead atoms. The van der Waals surface area contributed by atoms with Crippen LogP contribution < -0.4 is 4.72 Å². The van der Waals surface area contributed by atoms with Crippen LogP contribution in [-0.4, -0.2) is 58.4 Å². The first kappa shape index (κ1) is 22.5.